The molecule has 6 nitrogen and oxygen atoms in total. The highest BCUT2D eigenvalue weighted by molar-refractivity contribution is 14.0. The van der Waals surface area contributed by atoms with Crippen LogP contribution in [0.5, 0.6) is 0 Å². The van der Waals surface area contributed by atoms with Crippen LogP contribution in [0, 0.1) is 6.92 Å². The van der Waals surface area contributed by atoms with Crippen molar-refractivity contribution in [1.82, 2.24) is 14.9 Å². The highest BCUT2D eigenvalue weighted by Crippen LogP contribution is 2.21. The maximum absolute atomic E-state index is 12.6. The van der Waals surface area contributed by atoms with Crippen LogP contribution < -0.4 is 10.6 Å². The number of hydrogen-bond acceptors (Lipinski definition) is 4. The second-order valence-electron chi connectivity index (χ2n) is 7.44. The third-order valence-corrected chi connectivity index (χ3v) is 7.93. The Morgan fingerprint density at radius 2 is 1.83 bits per heavy atom. The Morgan fingerprint density at radius 1 is 1.17 bits per heavy atom. The van der Waals surface area contributed by atoms with E-state index in [2.05, 4.69) is 41.6 Å². The van der Waals surface area contributed by atoms with Gasteiger partial charge in [0.05, 0.1) is 4.90 Å². The van der Waals surface area contributed by atoms with E-state index >= 15 is 0 Å². The predicted octanol–water partition coefficient (Wildman–Crippen LogP) is 3.76. The summed E-state index contributed by atoms with van der Waals surface area (Å²) in [4.78, 5) is 7.34. The van der Waals surface area contributed by atoms with Crippen LogP contribution in [0.25, 0.3) is 0 Å². The molecule has 1 aromatic carbocycles. The van der Waals surface area contributed by atoms with E-state index in [0.29, 0.717) is 24.5 Å². The van der Waals surface area contributed by atoms with Crippen LogP contribution in [0.15, 0.2) is 46.3 Å². The summed E-state index contributed by atoms with van der Waals surface area (Å²) >= 11 is 1.82. The van der Waals surface area contributed by atoms with Gasteiger partial charge in [-0.1, -0.05) is 12.1 Å². The molecule has 0 bridgehead atoms. The average Bonchev–Trinajstić information content (AvgIpc) is 3.38. The van der Waals surface area contributed by atoms with Crippen molar-refractivity contribution in [3.8, 4) is 0 Å². The van der Waals surface area contributed by atoms with Crippen molar-refractivity contribution >= 4 is 51.3 Å². The summed E-state index contributed by atoms with van der Waals surface area (Å²) in [5, 5.41) is 6.71. The summed E-state index contributed by atoms with van der Waals surface area (Å²) in [5.41, 5.74) is 1.01. The molecule has 1 aromatic heterocycles. The maximum atomic E-state index is 12.6. The van der Waals surface area contributed by atoms with Crippen LogP contribution in [0.1, 0.15) is 35.1 Å². The zero-order valence-electron chi connectivity index (χ0n) is 17.7. The number of nitrogens with zero attached hydrogens (tertiary/aromatic N) is 2. The Balaban J connectivity index is 0.00000320. The second kappa shape index (κ2) is 11.4. The molecular formula is C21H31IN4O2S2. The van der Waals surface area contributed by atoms with E-state index in [4.69, 9.17) is 0 Å². The van der Waals surface area contributed by atoms with Crippen LogP contribution in [0.4, 0.5) is 0 Å². The normalized spacial score (nSPS) is 16.2. The molecule has 2 heterocycles. The van der Waals surface area contributed by atoms with Gasteiger partial charge in [0, 0.05) is 48.9 Å². The highest BCUT2D eigenvalue weighted by Gasteiger charge is 2.26. The lowest BCUT2D eigenvalue weighted by molar-refractivity contribution is 0.477. The minimum Gasteiger partial charge on any atom is -0.354 e. The Kier molecular flexibility index (Phi) is 9.58. The van der Waals surface area contributed by atoms with E-state index in [-0.39, 0.29) is 30.0 Å². The number of aryl methyl sites for hydroxylation is 1. The molecule has 1 aliphatic rings. The number of nitrogens with one attached hydrogen (secondary N) is 2. The lowest BCUT2D eigenvalue weighted by Gasteiger charge is -2.18. The van der Waals surface area contributed by atoms with E-state index in [1.807, 2.05) is 23.5 Å². The molecule has 0 radical (unpaired) electrons. The number of thiophene rings is 1. The molecular weight excluding hydrogens is 531 g/mol. The molecule has 9 heteroatoms. The molecule has 0 saturated carbocycles. The number of hydrogen-bond donors (Lipinski definition) is 2. The highest BCUT2D eigenvalue weighted by atomic mass is 127. The van der Waals surface area contributed by atoms with Gasteiger partial charge in [0.25, 0.3) is 0 Å². The van der Waals surface area contributed by atoms with E-state index < -0.39 is 10.0 Å². The summed E-state index contributed by atoms with van der Waals surface area (Å²) < 4.78 is 26.8. The average molecular weight is 563 g/mol. The van der Waals surface area contributed by atoms with Crippen molar-refractivity contribution in [2.75, 3.05) is 20.1 Å². The zero-order chi connectivity index (χ0) is 20.9. The predicted molar refractivity (Wildman–Crippen MR) is 135 cm³/mol. The molecule has 1 unspecified atom stereocenters. The molecule has 1 aliphatic heterocycles. The standard InChI is InChI=1S/C21H30N4O2S2.HI/c1-16(14-19-9-6-17(2)28-19)24-21(22-3)23-15-18-7-10-20(11-8-18)29(26,27)25-12-4-5-13-25;/h6-11,16H,4-5,12-15H2,1-3H3,(H2,22,23,24);1H. The molecule has 3 rings (SSSR count). The first kappa shape index (κ1) is 25.1. The van der Waals surface area contributed by atoms with Crippen molar-refractivity contribution in [3.63, 3.8) is 0 Å². The van der Waals surface area contributed by atoms with Gasteiger partial charge in [-0.05, 0) is 56.5 Å². The quantitative estimate of drug-likeness (QED) is 0.306. The van der Waals surface area contributed by atoms with Crippen LogP contribution in [0.3, 0.4) is 0 Å². The van der Waals surface area contributed by atoms with Crippen molar-refractivity contribution in [2.24, 2.45) is 4.99 Å². The Hall–Kier alpha value is -1.17. The fourth-order valence-electron chi connectivity index (χ4n) is 3.42. The zero-order valence-corrected chi connectivity index (χ0v) is 21.7. The molecule has 30 heavy (non-hydrogen) atoms. The Bertz CT molecular complexity index is 936. The summed E-state index contributed by atoms with van der Waals surface area (Å²) in [6.07, 6.45) is 2.83. The number of rotatable bonds is 7. The molecule has 1 atom stereocenters. The van der Waals surface area contributed by atoms with E-state index in [1.165, 1.54) is 9.75 Å². The van der Waals surface area contributed by atoms with Crippen molar-refractivity contribution < 1.29 is 8.42 Å². The van der Waals surface area contributed by atoms with Gasteiger partial charge in [-0.25, -0.2) is 8.42 Å². The molecule has 0 spiro atoms. The van der Waals surface area contributed by atoms with Gasteiger partial charge in [-0.2, -0.15) is 4.31 Å². The van der Waals surface area contributed by atoms with Gasteiger partial charge >= 0.3 is 0 Å². The van der Waals surface area contributed by atoms with Crippen LogP contribution in [-0.4, -0.2) is 44.9 Å². The fraction of sp³-hybridized carbons (Fsp3) is 0.476. The molecule has 166 valence electrons. The number of guanidine groups is 1. The molecule has 2 aromatic rings. The molecule has 2 N–H and O–H groups in total. The number of benzene rings is 1. The monoisotopic (exact) mass is 562 g/mol. The summed E-state index contributed by atoms with van der Waals surface area (Å²) in [6, 6.07) is 11.7. The minimum absolute atomic E-state index is 0. The van der Waals surface area contributed by atoms with Crippen LogP contribution >= 0.6 is 35.3 Å². The first-order valence-corrected chi connectivity index (χ1v) is 12.3. The van der Waals surface area contributed by atoms with Crippen molar-refractivity contribution in [1.29, 1.82) is 0 Å². The largest absolute Gasteiger partial charge is 0.354 e. The fourth-order valence-corrected chi connectivity index (χ4v) is 5.95. The summed E-state index contributed by atoms with van der Waals surface area (Å²) in [6.45, 7) is 6.08. The van der Waals surface area contributed by atoms with E-state index in [1.54, 1.807) is 23.5 Å². The van der Waals surface area contributed by atoms with Gasteiger partial charge in [0.15, 0.2) is 5.96 Å². The van der Waals surface area contributed by atoms with Gasteiger partial charge in [0.1, 0.15) is 0 Å². The summed E-state index contributed by atoms with van der Waals surface area (Å²) in [5.74, 6) is 0.736. The second-order valence-corrected chi connectivity index (χ2v) is 10.8. The molecule has 1 saturated heterocycles. The van der Waals surface area contributed by atoms with E-state index in [0.717, 1.165) is 30.8 Å². The molecule has 0 amide bonds. The number of sulfonamides is 1. The van der Waals surface area contributed by atoms with Crippen LogP contribution in [0.2, 0.25) is 0 Å². The SMILES string of the molecule is CN=C(NCc1ccc(S(=O)(=O)N2CCCC2)cc1)NC(C)Cc1ccc(C)s1.I. The maximum Gasteiger partial charge on any atom is 0.243 e. The smallest absolute Gasteiger partial charge is 0.243 e. The minimum atomic E-state index is -3.36. The first-order valence-electron chi connectivity index (χ1n) is 10.00. The van der Waals surface area contributed by atoms with Gasteiger partial charge in [-0.3, -0.25) is 4.99 Å². The van der Waals surface area contributed by atoms with Crippen molar-refractivity contribution in [3.05, 3.63) is 51.7 Å². The Labute approximate surface area is 201 Å². The lowest BCUT2D eigenvalue weighted by Crippen LogP contribution is -2.42. The van der Waals surface area contributed by atoms with Gasteiger partial charge in [-0.15, -0.1) is 35.3 Å². The van der Waals surface area contributed by atoms with Gasteiger partial charge < -0.3 is 10.6 Å². The number of halogens is 1. The third-order valence-electron chi connectivity index (χ3n) is 5.00. The first-order chi connectivity index (χ1) is 13.9. The van der Waals surface area contributed by atoms with Crippen LogP contribution in [-0.2, 0) is 23.0 Å². The topological polar surface area (TPSA) is 73.8 Å². The molecule has 1 fully saturated rings. The summed E-state index contributed by atoms with van der Waals surface area (Å²) in [7, 11) is -1.60. The molecule has 0 aliphatic carbocycles. The number of aliphatic imine (C=N–C) groups is 1. The third kappa shape index (κ3) is 6.66. The van der Waals surface area contributed by atoms with Crippen molar-refractivity contribution in [2.45, 2.75) is 50.6 Å². The Morgan fingerprint density at radius 3 is 2.40 bits per heavy atom. The van der Waals surface area contributed by atoms with E-state index in [9.17, 15) is 8.42 Å². The van der Waals surface area contributed by atoms with Gasteiger partial charge in [0.2, 0.25) is 10.0 Å². The lowest BCUT2D eigenvalue weighted by atomic mass is 10.2.